The Morgan fingerprint density at radius 3 is 2.32 bits per heavy atom. The molecule has 0 amide bonds. The van der Waals surface area contributed by atoms with E-state index in [2.05, 4.69) is 40.0 Å². The molecule has 0 unspecified atom stereocenters. The summed E-state index contributed by atoms with van der Waals surface area (Å²) in [4.78, 5) is 0. The molecule has 0 fully saturated rings. The Balaban J connectivity index is 2.42. The normalized spacial score (nSPS) is 11.2. The highest BCUT2D eigenvalue weighted by Gasteiger charge is 2.16. The van der Waals surface area contributed by atoms with Gasteiger partial charge in [-0.25, -0.2) is 0 Å². The minimum absolute atomic E-state index is 0.686. The van der Waals surface area contributed by atoms with Crippen LogP contribution in [0, 0.1) is 13.8 Å². The monoisotopic (exact) mass is 325 g/mol. The van der Waals surface area contributed by atoms with E-state index >= 15 is 0 Å². The first kappa shape index (κ1) is 14.1. The Labute approximate surface area is 121 Å². The molecule has 19 heavy (non-hydrogen) atoms. The van der Waals surface area contributed by atoms with Gasteiger partial charge in [-0.1, -0.05) is 6.92 Å². The zero-order valence-electron chi connectivity index (χ0n) is 11.9. The molecule has 2 rings (SSSR count). The predicted molar refractivity (Wildman–Crippen MR) is 80.2 cm³/mol. The number of anilines is 1. The summed E-state index contributed by atoms with van der Waals surface area (Å²) in [7, 11) is 0. The number of hydrogen-bond donors (Lipinski definition) is 1. The van der Waals surface area contributed by atoms with Crippen molar-refractivity contribution in [3.8, 4) is 0 Å². The van der Waals surface area contributed by atoms with Crippen LogP contribution in [0.1, 0.15) is 36.6 Å². The van der Waals surface area contributed by atoms with Gasteiger partial charge in [-0.15, -0.1) is 0 Å². The van der Waals surface area contributed by atoms with E-state index in [1.165, 1.54) is 0 Å². The lowest BCUT2D eigenvalue weighted by Gasteiger charge is -2.07. The van der Waals surface area contributed by atoms with Crippen LogP contribution in [0.25, 0.3) is 0 Å². The van der Waals surface area contributed by atoms with Gasteiger partial charge < -0.3 is 5.73 Å². The summed E-state index contributed by atoms with van der Waals surface area (Å²) in [6, 6.07) is 0. The van der Waals surface area contributed by atoms with E-state index in [0.29, 0.717) is 6.54 Å². The molecule has 0 radical (unpaired) electrons. The minimum Gasteiger partial charge on any atom is -0.396 e. The number of aryl methyl sites for hydroxylation is 3. The average molecular weight is 326 g/mol. The van der Waals surface area contributed by atoms with Crippen LogP contribution < -0.4 is 5.73 Å². The third kappa shape index (κ3) is 2.41. The number of nitrogens with two attached hydrogens (primary N) is 1. The van der Waals surface area contributed by atoms with E-state index in [-0.39, 0.29) is 0 Å². The smallest absolute Gasteiger partial charge is 0.0843 e. The van der Waals surface area contributed by atoms with Gasteiger partial charge in [0, 0.05) is 6.54 Å². The van der Waals surface area contributed by atoms with Crippen LogP contribution in [0.4, 0.5) is 5.69 Å². The molecule has 2 aromatic rings. The number of hydrogen-bond acceptors (Lipinski definition) is 3. The molecule has 2 N–H and O–H groups in total. The molecule has 5 nitrogen and oxygen atoms in total. The summed E-state index contributed by atoms with van der Waals surface area (Å²) in [5, 5.41) is 9.09. The maximum Gasteiger partial charge on any atom is 0.0843 e. The molecule has 2 heterocycles. The van der Waals surface area contributed by atoms with E-state index < -0.39 is 0 Å². The summed E-state index contributed by atoms with van der Waals surface area (Å²) >= 11 is 3.65. The van der Waals surface area contributed by atoms with Gasteiger partial charge in [-0.05, 0) is 43.1 Å². The highest BCUT2D eigenvalue weighted by Crippen LogP contribution is 2.24. The summed E-state index contributed by atoms with van der Waals surface area (Å²) < 4.78 is 5.05. The second kappa shape index (κ2) is 5.36. The first-order chi connectivity index (χ1) is 8.99. The fourth-order valence-corrected chi connectivity index (χ4v) is 2.86. The molecule has 0 bridgehead atoms. The van der Waals surface area contributed by atoms with Gasteiger partial charge in [0.25, 0.3) is 0 Å². The maximum atomic E-state index is 5.98. The lowest BCUT2D eigenvalue weighted by Crippen LogP contribution is -2.11. The Bertz CT molecular complexity index is 597. The molecule has 0 spiro atoms. The second-order valence-corrected chi connectivity index (χ2v) is 5.41. The Hall–Kier alpha value is -1.30. The highest BCUT2D eigenvalue weighted by atomic mass is 79.9. The van der Waals surface area contributed by atoms with E-state index in [9.17, 15) is 0 Å². The van der Waals surface area contributed by atoms with Gasteiger partial charge in [-0.3, -0.25) is 9.36 Å². The number of rotatable bonds is 4. The summed E-state index contributed by atoms with van der Waals surface area (Å²) in [6.07, 6.45) is 0.917. The number of nitrogen functional groups attached to an aromatic ring is 1. The summed E-state index contributed by atoms with van der Waals surface area (Å²) in [6.45, 7) is 9.67. The van der Waals surface area contributed by atoms with Gasteiger partial charge in [0.15, 0.2) is 0 Å². The van der Waals surface area contributed by atoms with Crippen LogP contribution in [-0.2, 0) is 19.5 Å². The van der Waals surface area contributed by atoms with E-state index in [0.717, 1.165) is 45.9 Å². The van der Waals surface area contributed by atoms with Crippen molar-refractivity contribution in [3.05, 3.63) is 27.2 Å². The summed E-state index contributed by atoms with van der Waals surface area (Å²) in [5.41, 5.74) is 10.9. The van der Waals surface area contributed by atoms with Crippen LogP contribution in [0.5, 0.6) is 0 Å². The lowest BCUT2D eigenvalue weighted by atomic mass is 10.3. The van der Waals surface area contributed by atoms with Gasteiger partial charge >= 0.3 is 0 Å². The van der Waals surface area contributed by atoms with E-state index in [4.69, 9.17) is 5.73 Å². The Morgan fingerprint density at radius 1 is 1.16 bits per heavy atom. The second-order valence-electron chi connectivity index (χ2n) is 4.62. The first-order valence-electron chi connectivity index (χ1n) is 6.53. The average Bonchev–Trinajstić information content (AvgIpc) is 2.83. The Kier molecular flexibility index (Phi) is 3.99. The fourth-order valence-electron chi connectivity index (χ4n) is 2.17. The van der Waals surface area contributed by atoms with Gasteiger partial charge in [-0.2, -0.15) is 10.2 Å². The van der Waals surface area contributed by atoms with Crippen LogP contribution in [0.3, 0.4) is 0 Å². The van der Waals surface area contributed by atoms with Crippen molar-refractivity contribution in [2.45, 2.75) is 47.2 Å². The molecular formula is C13H20BrN5. The van der Waals surface area contributed by atoms with Crippen molar-refractivity contribution >= 4 is 21.6 Å². The topological polar surface area (TPSA) is 61.7 Å². The van der Waals surface area contributed by atoms with Crippen LogP contribution in [0.15, 0.2) is 4.47 Å². The maximum absolute atomic E-state index is 5.98. The molecule has 0 saturated carbocycles. The molecule has 0 atom stereocenters. The van der Waals surface area contributed by atoms with Gasteiger partial charge in [0.1, 0.15) is 0 Å². The standard InChI is InChI=1S/C13H20BrN5/c1-5-10-12(14)11(18(6-2)17-10)7-19-9(4)13(15)8(3)16-19/h5-7,15H2,1-4H3. The zero-order valence-corrected chi connectivity index (χ0v) is 13.5. The molecule has 0 aliphatic heterocycles. The van der Waals surface area contributed by atoms with Crippen molar-refractivity contribution in [1.82, 2.24) is 19.6 Å². The number of nitrogens with zero attached hydrogens (tertiary/aromatic N) is 4. The Morgan fingerprint density at radius 2 is 1.84 bits per heavy atom. The first-order valence-corrected chi connectivity index (χ1v) is 7.32. The number of aromatic nitrogens is 4. The third-order valence-corrected chi connectivity index (χ3v) is 4.35. The third-order valence-electron chi connectivity index (χ3n) is 3.43. The molecule has 2 aromatic heterocycles. The van der Waals surface area contributed by atoms with Crippen LogP contribution >= 0.6 is 15.9 Å². The SMILES string of the molecule is CCc1nn(CC)c(Cn2nc(C)c(N)c2C)c1Br. The fraction of sp³-hybridized carbons (Fsp3) is 0.538. The van der Waals surface area contributed by atoms with Crippen molar-refractivity contribution in [3.63, 3.8) is 0 Å². The van der Waals surface area contributed by atoms with Crippen molar-refractivity contribution in [1.29, 1.82) is 0 Å². The highest BCUT2D eigenvalue weighted by molar-refractivity contribution is 9.10. The number of halogens is 1. The van der Waals surface area contributed by atoms with Gasteiger partial charge in [0.2, 0.25) is 0 Å². The molecule has 0 aliphatic carbocycles. The molecule has 6 heteroatoms. The van der Waals surface area contributed by atoms with E-state index in [1.54, 1.807) is 0 Å². The van der Waals surface area contributed by atoms with Gasteiger partial charge in [0.05, 0.1) is 39.5 Å². The summed E-state index contributed by atoms with van der Waals surface area (Å²) in [5.74, 6) is 0. The molecular weight excluding hydrogens is 306 g/mol. The van der Waals surface area contributed by atoms with Crippen molar-refractivity contribution in [2.75, 3.05) is 5.73 Å². The molecule has 0 aliphatic rings. The largest absolute Gasteiger partial charge is 0.396 e. The zero-order chi connectivity index (χ0) is 14.2. The van der Waals surface area contributed by atoms with Crippen LogP contribution in [0.2, 0.25) is 0 Å². The quantitative estimate of drug-likeness (QED) is 0.940. The molecule has 0 aromatic carbocycles. The minimum atomic E-state index is 0.686. The van der Waals surface area contributed by atoms with Crippen molar-refractivity contribution < 1.29 is 0 Å². The lowest BCUT2D eigenvalue weighted by molar-refractivity contribution is 0.564. The predicted octanol–water partition coefficient (Wildman–Crippen LogP) is 2.67. The van der Waals surface area contributed by atoms with Crippen molar-refractivity contribution in [2.24, 2.45) is 0 Å². The molecule has 0 saturated heterocycles. The molecule has 104 valence electrons. The van der Waals surface area contributed by atoms with Crippen LogP contribution in [-0.4, -0.2) is 19.6 Å². The van der Waals surface area contributed by atoms with E-state index in [1.807, 2.05) is 23.2 Å².